The second kappa shape index (κ2) is 4.27. The fourth-order valence-electron chi connectivity index (χ4n) is 1.77. The lowest BCUT2D eigenvalue weighted by Gasteiger charge is -2.08. The molecule has 0 saturated carbocycles. The zero-order valence-electron chi connectivity index (χ0n) is 9.39. The predicted octanol–water partition coefficient (Wildman–Crippen LogP) is 4.46. The first-order valence-corrected chi connectivity index (χ1v) is 5.81. The summed E-state index contributed by atoms with van der Waals surface area (Å²) in [5, 5.41) is 1.39. The van der Waals surface area contributed by atoms with Gasteiger partial charge in [-0.05, 0) is 36.4 Å². The molecule has 0 fully saturated rings. The fraction of sp³-hybridized carbons (Fsp3) is 0. The molecular weight excluding hydrogens is 250 g/mol. The van der Waals surface area contributed by atoms with Gasteiger partial charge in [-0.1, -0.05) is 17.7 Å². The van der Waals surface area contributed by atoms with Crippen LogP contribution in [0.15, 0.2) is 53.1 Å². The molecule has 90 valence electrons. The molecule has 0 atom stereocenters. The molecule has 4 heteroatoms. The van der Waals surface area contributed by atoms with Crippen molar-refractivity contribution < 1.29 is 9.15 Å². The first-order valence-electron chi connectivity index (χ1n) is 5.43. The third-order valence-corrected chi connectivity index (χ3v) is 2.93. The highest BCUT2D eigenvalue weighted by Gasteiger charge is 2.08. The van der Waals surface area contributed by atoms with Crippen LogP contribution in [0, 0.1) is 0 Å². The van der Waals surface area contributed by atoms with Gasteiger partial charge in [-0.25, -0.2) is 0 Å². The molecule has 3 rings (SSSR count). The minimum Gasteiger partial charge on any atom is -0.464 e. The molecule has 0 bridgehead atoms. The molecule has 0 radical (unpaired) electrons. The van der Waals surface area contributed by atoms with Crippen LogP contribution >= 0.6 is 11.6 Å². The molecule has 2 aromatic carbocycles. The van der Waals surface area contributed by atoms with Gasteiger partial charge in [-0.15, -0.1) is 0 Å². The Kier molecular flexibility index (Phi) is 2.61. The van der Waals surface area contributed by atoms with Crippen molar-refractivity contribution >= 4 is 28.3 Å². The first-order chi connectivity index (χ1) is 8.74. The summed E-state index contributed by atoms with van der Waals surface area (Å²) in [6.45, 7) is 0. The molecule has 1 heterocycles. The number of rotatable bonds is 2. The number of nitrogen functional groups attached to an aromatic ring is 1. The summed E-state index contributed by atoms with van der Waals surface area (Å²) in [6, 6.07) is 12.6. The van der Waals surface area contributed by atoms with Gasteiger partial charge < -0.3 is 14.9 Å². The Morgan fingerprint density at radius 3 is 2.78 bits per heavy atom. The molecule has 0 spiro atoms. The number of furan rings is 1. The van der Waals surface area contributed by atoms with Crippen molar-refractivity contribution in [1.82, 2.24) is 0 Å². The smallest absolute Gasteiger partial charge is 0.146 e. The van der Waals surface area contributed by atoms with Crippen LogP contribution in [0.1, 0.15) is 0 Å². The molecule has 0 aliphatic rings. The molecule has 18 heavy (non-hydrogen) atoms. The van der Waals surface area contributed by atoms with Crippen molar-refractivity contribution in [3.63, 3.8) is 0 Å². The highest BCUT2D eigenvalue weighted by Crippen LogP contribution is 2.34. The number of anilines is 1. The van der Waals surface area contributed by atoms with Gasteiger partial charge in [0.2, 0.25) is 0 Å². The van der Waals surface area contributed by atoms with E-state index < -0.39 is 0 Å². The van der Waals surface area contributed by atoms with E-state index in [0.29, 0.717) is 22.2 Å². The summed E-state index contributed by atoms with van der Waals surface area (Å²) in [4.78, 5) is 0. The van der Waals surface area contributed by atoms with Crippen LogP contribution in [0.2, 0.25) is 5.02 Å². The van der Waals surface area contributed by atoms with E-state index >= 15 is 0 Å². The Labute approximate surface area is 109 Å². The Balaban J connectivity index is 2.03. The van der Waals surface area contributed by atoms with Gasteiger partial charge in [-0.2, -0.15) is 0 Å². The predicted molar refractivity (Wildman–Crippen MR) is 72.2 cm³/mol. The van der Waals surface area contributed by atoms with Crippen LogP contribution in [-0.2, 0) is 0 Å². The lowest BCUT2D eigenvalue weighted by Crippen LogP contribution is -1.88. The Morgan fingerprint density at radius 1 is 1.06 bits per heavy atom. The van der Waals surface area contributed by atoms with Gasteiger partial charge in [0.05, 0.1) is 16.7 Å². The van der Waals surface area contributed by atoms with E-state index in [1.54, 1.807) is 24.5 Å². The SMILES string of the molecule is Nc1ccc(Oc2cccc3occc23)c(Cl)c1. The minimum atomic E-state index is 0.482. The molecule has 0 aliphatic heterocycles. The maximum Gasteiger partial charge on any atom is 0.146 e. The van der Waals surface area contributed by atoms with Gasteiger partial charge in [-0.3, -0.25) is 0 Å². The molecule has 0 unspecified atom stereocenters. The quantitative estimate of drug-likeness (QED) is 0.691. The first kappa shape index (κ1) is 11.0. The number of nitrogens with two attached hydrogens (primary N) is 1. The van der Waals surface area contributed by atoms with E-state index in [-0.39, 0.29) is 0 Å². The normalized spacial score (nSPS) is 10.7. The van der Waals surface area contributed by atoms with Gasteiger partial charge in [0.1, 0.15) is 17.1 Å². The number of fused-ring (bicyclic) bond motifs is 1. The van der Waals surface area contributed by atoms with E-state index in [2.05, 4.69) is 0 Å². The van der Waals surface area contributed by atoms with Crippen molar-refractivity contribution in [2.45, 2.75) is 0 Å². The molecule has 3 nitrogen and oxygen atoms in total. The van der Waals surface area contributed by atoms with Crippen molar-refractivity contribution in [1.29, 1.82) is 0 Å². The zero-order valence-corrected chi connectivity index (χ0v) is 10.1. The number of hydrogen-bond acceptors (Lipinski definition) is 3. The number of benzene rings is 2. The fourth-order valence-corrected chi connectivity index (χ4v) is 2.00. The number of ether oxygens (including phenoxy) is 1. The summed E-state index contributed by atoms with van der Waals surface area (Å²) < 4.78 is 11.1. The van der Waals surface area contributed by atoms with Gasteiger partial charge >= 0.3 is 0 Å². The molecule has 0 aliphatic carbocycles. The Hall–Kier alpha value is -2.13. The van der Waals surface area contributed by atoms with Crippen molar-refractivity contribution in [3.05, 3.63) is 53.8 Å². The largest absolute Gasteiger partial charge is 0.464 e. The van der Waals surface area contributed by atoms with E-state index in [1.807, 2.05) is 24.3 Å². The Morgan fingerprint density at radius 2 is 1.94 bits per heavy atom. The average Bonchev–Trinajstić information content (AvgIpc) is 2.82. The maximum absolute atomic E-state index is 6.08. The van der Waals surface area contributed by atoms with Crippen LogP contribution in [0.25, 0.3) is 11.0 Å². The van der Waals surface area contributed by atoms with Crippen molar-refractivity contribution in [2.24, 2.45) is 0 Å². The number of hydrogen-bond donors (Lipinski definition) is 1. The highest BCUT2D eigenvalue weighted by atomic mass is 35.5. The van der Waals surface area contributed by atoms with Crippen LogP contribution < -0.4 is 10.5 Å². The zero-order chi connectivity index (χ0) is 12.5. The van der Waals surface area contributed by atoms with Crippen molar-refractivity contribution in [2.75, 3.05) is 5.73 Å². The maximum atomic E-state index is 6.08. The second-order valence-corrected chi connectivity index (χ2v) is 4.29. The topological polar surface area (TPSA) is 48.4 Å². The molecular formula is C14H10ClNO2. The van der Waals surface area contributed by atoms with Gasteiger partial charge in [0.25, 0.3) is 0 Å². The summed E-state index contributed by atoms with van der Waals surface area (Å²) in [6.07, 6.45) is 1.63. The van der Waals surface area contributed by atoms with Crippen LogP contribution in [-0.4, -0.2) is 0 Å². The minimum absolute atomic E-state index is 0.482. The molecule has 0 amide bonds. The van der Waals surface area contributed by atoms with E-state index in [1.165, 1.54) is 0 Å². The van der Waals surface area contributed by atoms with E-state index in [9.17, 15) is 0 Å². The molecule has 3 aromatic rings. The highest BCUT2D eigenvalue weighted by molar-refractivity contribution is 6.32. The summed E-state index contributed by atoms with van der Waals surface area (Å²) in [7, 11) is 0. The van der Waals surface area contributed by atoms with E-state index in [4.69, 9.17) is 26.5 Å². The van der Waals surface area contributed by atoms with Gasteiger partial charge in [0, 0.05) is 5.69 Å². The standard InChI is InChI=1S/C14H10ClNO2/c15-11-8-9(16)4-5-14(11)18-13-3-1-2-12-10(13)6-7-17-12/h1-8H,16H2. The van der Waals surface area contributed by atoms with Crippen LogP contribution in [0.3, 0.4) is 0 Å². The monoisotopic (exact) mass is 259 g/mol. The van der Waals surface area contributed by atoms with Crippen LogP contribution in [0.5, 0.6) is 11.5 Å². The van der Waals surface area contributed by atoms with Gasteiger partial charge in [0.15, 0.2) is 0 Å². The van der Waals surface area contributed by atoms with E-state index in [0.717, 1.165) is 11.0 Å². The molecule has 2 N–H and O–H groups in total. The lowest BCUT2D eigenvalue weighted by molar-refractivity contribution is 0.488. The average molecular weight is 260 g/mol. The third kappa shape index (κ3) is 1.89. The summed E-state index contributed by atoms with van der Waals surface area (Å²) in [5.41, 5.74) is 7.02. The summed E-state index contributed by atoms with van der Waals surface area (Å²) >= 11 is 6.08. The molecule has 0 saturated heterocycles. The lowest BCUT2D eigenvalue weighted by atomic mass is 10.2. The van der Waals surface area contributed by atoms with Crippen molar-refractivity contribution in [3.8, 4) is 11.5 Å². The summed E-state index contributed by atoms with van der Waals surface area (Å²) in [5.74, 6) is 1.27. The third-order valence-electron chi connectivity index (χ3n) is 2.63. The second-order valence-electron chi connectivity index (χ2n) is 3.88. The Bertz CT molecular complexity index is 706. The molecule has 1 aromatic heterocycles. The number of halogens is 1. The van der Waals surface area contributed by atoms with Crippen LogP contribution in [0.4, 0.5) is 5.69 Å².